The highest BCUT2D eigenvalue weighted by Crippen LogP contribution is 2.24. The Hall–Kier alpha value is -1.48. The quantitative estimate of drug-likeness (QED) is 0.657. The number of carbonyl (C=O) groups excluding carboxylic acids is 1. The molecule has 0 spiro atoms. The van der Waals surface area contributed by atoms with E-state index in [1.165, 1.54) is 14.7 Å². The molecule has 4 rings (SSSR count). The van der Waals surface area contributed by atoms with Crippen LogP contribution in [-0.4, -0.2) is 79.5 Å². The summed E-state index contributed by atoms with van der Waals surface area (Å²) in [6.45, 7) is 7.96. The van der Waals surface area contributed by atoms with E-state index >= 15 is 0 Å². The van der Waals surface area contributed by atoms with Crippen LogP contribution in [0.25, 0.3) is 0 Å². The van der Waals surface area contributed by atoms with E-state index < -0.39 is 0 Å². The minimum Gasteiger partial charge on any atom is -0.366 e. The molecule has 5 nitrogen and oxygen atoms in total. The molecule has 0 N–H and O–H groups in total. The van der Waals surface area contributed by atoms with Gasteiger partial charge in [-0.1, -0.05) is 12.1 Å². The van der Waals surface area contributed by atoms with Crippen molar-refractivity contribution in [2.75, 3.05) is 63.8 Å². The first-order valence-electron chi connectivity index (χ1n) is 10.0. The molecule has 1 aromatic heterocycles. The molecule has 2 aromatic rings. The van der Waals surface area contributed by atoms with Crippen LogP contribution in [0.3, 0.4) is 0 Å². The average Bonchev–Trinajstić information content (AvgIpc) is 3.14. The number of amides is 1. The summed E-state index contributed by atoms with van der Waals surface area (Å²) in [6, 6.07) is 11.1. The number of benzene rings is 1. The second-order valence-corrected chi connectivity index (χ2v) is 10.1. The number of hydrogen-bond donors (Lipinski definition) is 0. The maximum Gasteiger partial charge on any atom is 0.236 e. The predicted octanol–water partition coefficient (Wildman–Crippen LogP) is 3.12. The van der Waals surface area contributed by atoms with Gasteiger partial charge in [-0.25, -0.2) is 4.39 Å². The molecule has 0 atom stereocenters. The summed E-state index contributed by atoms with van der Waals surface area (Å²) in [5, 5.41) is 0. The molecular weight excluding hydrogens is 455 g/mol. The first kappa shape index (κ1) is 20.8. The van der Waals surface area contributed by atoms with E-state index in [1.807, 2.05) is 15.9 Å². The van der Waals surface area contributed by atoms with Crippen molar-refractivity contribution < 1.29 is 9.18 Å². The molecule has 2 saturated heterocycles. The fourth-order valence-electron chi connectivity index (χ4n) is 3.96. The first-order chi connectivity index (χ1) is 14.1. The molecule has 0 unspecified atom stereocenters. The normalized spacial score (nSPS) is 19.0. The third kappa shape index (κ3) is 5.36. The molecular formula is C21H26BrFN4OS. The average molecular weight is 481 g/mol. The van der Waals surface area contributed by atoms with E-state index in [0.29, 0.717) is 38.4 Å². The first-order valence-corrected chi connectivity index (χ1v) is 11.7. The maximum atomic E-state index is 14.0. The van der Waals surface area contributed by atoms with Crippen molar-refractivity contribution in [3.8, 4) is 0 Å². The van der Waals surface area contributed by atoms with Gasteiger partial charge in [0, 0.05) is 63.8 Å². The summed E-state index contributed by atoms with van der Waals surface area (Å²) in [5.74, 6) is -0.00567. The smallest absolute Gasteiger partial charge is 0.236 e. The minimum atomic E-state index is -0.194. The predicted molar refractivity (Wildman–Crippen MR) is 119 cm³/mol. The molecule has 1 amide bonds. The van der Waals surface area contributed by atoms with Crippen LogP contribution in [0.2, 0.25) is 0 Å². The Morgan fingerprint density at radius 3 is 2.28 bits per heavy atom. The number of thiophene rings is 1. The highest BCUT2D eigenvalue weighted by atomic mass is 79.9. The van der Waals surface area contributed by atoms with Crippen molar-refractivity contribution >= 4 is 38.9 Å². The van der Waals surface area contributed by atoms with E-state index in [0.717, 1.165) is 32.7 Å². The van der Waals surface area contributed by atoms with E-state index in [4.69, 9.17) is 0 Å². The van der Waals surface area contributed by atoms with E-state index in [-0.39, 0.29) is 11.7 Å². The van der Waals surface area contributed by atoms with Gasteiger partial charge < -0.3 is 9.80 Å². The summed E-state index contributed by atoms with van der Waals surface area (Å²) < 4.78 is 15.1. The summed E-state index contributed by atoms with van der Waals surface area (Å²) in [5.41, 5.74) is 0.633. The number of rotatable bonds is 5. The molecule has 2 aliphatic heterocycles. The Morgan fingerprint density at radius 2 is 1.62 bits per heavy atom. The van der Waals surface area contributed by atoms with Crippen LogP contribution < -0.4 is 4.90 Å². The standard InChI is InChI=1S/C21H26BrFN4OS/c22-20-6-5-17(29-20)15-24-7-9-25(10-8-24)16-21(28)27-13-11-26(12-14-27)19-4-2-1-3-18(19)23/h1-6H,7-16H2. The van der Waals surface area contributed by atoms with Gasteiger partial charge in [0.15, 0.2) is 0 Å². The Morgan fingerprint density at radius 1 is 0.931 bits per heavy atom. The Balaban J connectivity index is 1.20. The van der Waals surface area contributed by atoms with Crippen molar-refractivity contribution in [2.45, 2.75) is 6.54 Å². The van der Waals surface area contributed by atoms with Gasteiger partial charge in [-0.3, -0.25) is 14.6 Å². The number of hydrogen-bond acceptors (Lipinski definition) is 5. The molecule has 0 aliphatic carbocycles. The molecule has 2 aliphatic rings. The Labute approximate surface area is 183 Å². The van der Waals surface area contributed by atoms with Gasteiger partial charge in [-0.15, -0.1) is 11.3 Å². The van der Waals surface area contributed by atoms with Crippen LogP contribution >= 0.6 is 27.3 Å². The molecule has 156 valence electrons. The van der Waals surface area contributed by atoms with Gasteiger partial charge >= 0.3 is 0 Å². The zero-order chi connectivity index (χ0) is 20.2. The van der Waals surface area contributed by atoms with Gasteiger partial charge in [-0.2, -0.15) is 0 Å². The molecule has 29 heavy (non-hydrogen) atoms. The maximum absolute atomic E-state index is 14.0. The number of anilines is 1. The third-order valence-corrected chi connectivity index (χ3v) is 7.27. The lowest BCUT2D eigenvalue weighted by Gasteiger charge is -2.38. The molecule has 0 saturated carbocycles. The second kappa shape index (κ2) is 9.55. The molecule has 0 bridgehead atoms. The monoisotopic (exact) mass is 480 g/mol. The number of para-hydroxylation sites is 1. The van der Waals surface area contributed by atoms with Gasteiger partial charge in [0.1, 0.15) is 5.82 Å². The SMILES string of the molecule is O=C(CN1CCN(Cc2ccc(Br)s2)CC1)N1CCN(c2ccccc2F)CC1. The highest BCUT2D eigenvalue weighted by Gasteiger charge is 2.25. The number of carbonyl (C=O) groups is 1. The molecule has 3 heterocycles. The summed E-state index contributed by atoms with van der Waals surface area (Å²) >= 11 is 5.30. The summed E-state index contributed by atoms with van der Waals surface area (Å²) in [4.78, 5) is 22.8. The van der Waals surface area contributed by atoms with Gasteiger partial charge in [0.2, 0.25) is 5.91 Å². The topological polar surface area (TPSA) is 30.0 Å². The lowest BCUT2D eigenvalue weighted by Crippen LogP contribution is -2.53. The second-order valence-electron chi connectivity index (χ2n) is 7.58. The van der Waals surface area contributed by atoms with Crippen molar-refractivity contribution in [1.29, 1.82) is 0 Å². The van der Waals surface area contributed by atoms with Crippen LogP contribution in [0.15, 0.2) is 40.2 Å². The summed E-state index contributed by atoms with van der Waals surface area (Å²) in [6.07, 6.45) is 0. The molecule has 2 fully saturated rings. The van der Waals surface area contributed by atoms with Gasteiger partial charge in [0.05, 0.1) is 16.0 Å². The molecule has 0 radical (unpaired) electrons. The van der Waals surface area contributed by atoms with Gasteiger partial charge in [0.25, 0.3) is 0 Å². The van der Waals surface area contributed by atoms with E-state index in [2.05, 4.69) is 37.9 Å². The van der Waals surface area contributed by atoms with Crippen molar-refractivity contribution in [3.05, 3.63) is 50.9 Å². The van der Waals surface area contributed by atoms with Crippen LogP contribution in [0, 0.1) is 5.82 Å². The van der Waals surface area contributed by atoms with Gasteiger partial charge in [-0.05, 0) is 40.2 Å². The Kier molecular flexibility index (Phi) is 6.85. The van der Waals surface area contributed by atoms with Crippen LogP contribution in [-0.2, 0) is 11.3 Å². The lowest BCUT2D eigenvalue weighted by atomic mass is 10.2. The largest absolute Gasteiger partial charge is 0.366 e. The lowest BCUT2D eigenvalue weighted by molar-refractivity contribution is -0.133. The third-order valence-electron chi connectivity index (χ3n) is 5.66. The van der Waals surface area contributed by atoms with Crippen molar-refractivity contribution in [3.63, 3.8) is 0 Å². The number of nitrogens with zero attached hydrogens (tertiary/aromatic N) is 4. The number of piperazine rings is 2. The van der Waals surface area contributed by atoms with Crippen LogP contribution in [0.5, 0.6) is 0 Å². The van der Waals surface area contributed by atoms with Crippen molar-refractivity contribution in [2.24, 2.45) is 0 Å². The van der Waals surface area contributed by atoms with E-state index in [9.17, 15) is 9.18 Å². The molecule has 8 heteroatoms. The fourth-order valence-corrected chi connectivity index (χ4v) is 5.48. The van der Waals surface area contributed by atoms with Crippen LogP contribution in [0.1, 0.15) is 4.88 Å². The Bertz CT molecular complexity index is 832. The van der Waals surface area contributed by atoms with Crippen LogP contribution in [0.4, 0.5) is 10.1 Å². The zero-order valence-electron chi connectivity index (χ0n) is 16.4. The minimum absolute atomic E-state index is 0.189. The zero-order valence-corrected chi connectivity index (χ0v) is 18.8. The summed E-state index contributed by atoms with van der Waals surface area (Å²) in [7, 11) is 0. The fraction of sp³-hybridized carbons (Fsp3) is 0.476. The van der Waals surface area contributed by atoms with Crippen molar-refractivity contribution in [1.82, 2.24) is 14.7 Å². The number of halogens is 2. The van der Waals surface area contributed by atoms with E-state index in [1.54, 1.807) is 23.5 Å². The molecule has 1 aromatic carbocycles. The highest BCUT2D eigenvalue weighted by molar-refractivity contribution is 9.11.